The van der Waals surface area contributed by atoms with E-state index in [2.05, 4.69) is 15.1 Å². The van der Waals surface area contributed by atoms with Crippen molar-refractivity contribution in [1.29, 1.82) is 0 Å². The second-order valence-corrected chi connectivity index (χ2v) is 6.84. The van der Waals surface area contributed by atoms with Gasteiger partial charge in [-0.25, -0.2) is 19.0 Å². The van der Waals surface area contributed by atoms with Gasteiger partial charge in [0.15, 0.2) is 5.69 Å². The minimum Gasteiger partial charge on any atom is -0.501 e. The van der Waals surface area contributed by atoms with Gasteiger partial charge >= 0.3 is 0 Å². The molecular formula is C18H18FN5O3. The monoisotopic (exact) mass is 371 g/mol. The first-order valence-corrected chi connectivity index (χ1v) is 8.47. The summed E-state index contributed by atoms with van der Waals surface area (Å²) in [4.78, 5) is 21.1. The molecule has 0 fully saturated rings. The fourth-order valence-corrected chi connectivity index (χ4v) is 3.08. The summed E-state index contributed by atoms with van der Waals surface area (Å²) in [5.41, 5.74) is -0.453. The predicted molar refractivity (Wildman–Crippen MR) is 93.7 cm³/mol. The lowest BCUT2D eigenvalue weighted by Crippen LogP contribution is -2.41. The normalized spacial score (nSPS) is 15.5. The molecule has 0 bridgehead atoms. The summed E-state index contributed by atoms with van der Waals surface area (Å²) in [5, 5.41) is 14.6. The van der Waals surface area contributed by atoms with Crippen molar-refractivity contribution < 1.29 is 14.2 Å². The second-order valence-electron chi connectivity index (χ2n) is 6.84. The van der Waals surface area contributed by atoms with Crippen molar-refractivity contribution in [2.45, 2.75) is 32.5 Å². The van der Waals surface area contributed by atoms with E-state index in [0.717, 1.165) is 5.56 Å². The van der Waals surface area contributed by atoms with E-state index in [-0.39, 0.29) is 17.3 Å². The molecule has 27 heavy (non-hydrogen) atoms. The Morgan fingerprint density at radius 1 is 1.30 bits per heavy atom. The van der Waals surface area contributed by atoms with Gasteiger partial charge in [0.1, 0.15) is 23.6 Å². The zero-order chi connectivity index (χ0) is 19.2. The van der Waals surface area contributed by atoms with Crippen LogP contribution in [0.4, 0.5) is 4.39 Å². The highest BCUT2D eigenvalue weighted by molar-refractivity contribution is 5.57. The van der Waals surface area contributed by atoms with Crippen molar-refractivity contribution >= 4 is 0 Å². The van der Waals surface area contributed by atoms with Crippen molar-refractivity contribution in [3.05, 3.63) is 58.2 Å². The topological polar surface area (TPSA) is 95.1 Å². The predicted octanol–water partition coefficient (Wildman–Crippen LogP) is 1.66. The summed E-state index contributed by atoms with van der Waals surface area (Å²) >= 11 is 0. The summed E-state index contributed by atoms with van der Waals surface area (Å²) in [5.74, 6) is -0.250. The van der Waals surface area contributed by atoms with Gasteiger partial charge in [-0.3, -0.25) is 9.36 Å². The zero-order valence-electron chi connectivity index (χ0n) is 14.9. The van der Waals surface area contributed by atoms with Crippen LogP contribution in [0.3, 0.4) is 0 Å². The third kappa shape index (κ3) is 3.10. The van der Waals surface area contributed by atoms with Crippen LogP contribution in [0.15, 0.2) is 35.4 Å². The van der Waals surface area contributed by atoms with E-state index in [1.807, 2.05) is 13.8 Å². The number of benzene rings is 1. The summed E-state index contributed by atoms with van der Waals surface area (Å²) in [6.07, 6.45) is 1.47. The van der Waals surface area contributed by atoms with Crippen LogP contribution in [0, 0.1) is 5.82 Å². The Morgan fingerprint density at radius 3 is 2.78 bits per heavy atom. The summed E-state index contributed by atoms with van der Waals surface area (Å²) in [7, 11) is 0. The van der Waals surface area contributed by atoms with E-state index in [9.17, 15) is 14.3 Å². The minimum absolute atomic E-state index is 0.0164. The first-order valence-electron chi connectivity index (χ1n) is 8.47. The van der Waals surface area contributed by atoms with Gasteiger partial charge in [-0.15, -0.1) is 5.10 Å². The van der Waals surface area contributed by atoms with Gasteiger partial charge in [0.05, 0.1) is 19.7 Å². The molecule has 0 radical (unpaired) electrons. The molecule has 1 aromatic carbocycles. The van der Waals surface area contributed by atoms with E-state index in [1.54, 1.807) is 12.1 Å². The number of halogens is 1. The molecule has 0 unspecified atom stereocenters. The van der Waals surface area contributed by atoms with E-state index in [1.165, 1.54) is 27.7 Å². The fraction of sp³-hybridized carbons (Fsp3) is 0.333. The lowest BCUT2D eigenvalue weighted by atomic mass is 10.1. The standard InChI is InChI=1S/C18H18FN5O3/c1-18(2)17-21-13(14(25)16(26)24(17)7-8-27-18)15-20-10-23(22-15)9-11-3-5-12(19)6-4-11/h3-6,10,25H,7-9H2,1-2H3. The van der Waals surface area contributed by atoms with Gasteiger partial charge in [0.25, 0.3) is 5.56 Å². The Bertz CT molecular complexity index is 1060. The minimum atomic E-state index is -0.767. The maximum atomic E-state index is 13.0. The highest BCUT2D eigenvalue weighted by Gasteiger charge is 2.33. The van der Waals surface area contributed by atoms with Crippen LogP contribution < -0.4 is 5.56 Å². The van der Waals surface area contributed by atoms with Gasteiger partial charge in [-0.05, 0) is 31.5 Å². The van der Waals surface area contributed by atoms with E-state index in [0.29, 0.717) is 25.5 Å². The number of hydrogen-bond acceptors (Lipinski definition) is 6. The molecule has 140 valence electrons. The van der Waals surface area contributed by atoms with E-state index < -0.39 is 16.9 Å². The van der Waals surface area contributed by atoms with Crippen LogP contribution in [-0.2, 0) is 23.4 Å². The number of rotatable bonds is 3. The van der Waals surface area contributed by atoms with Gasteiger partial charge < -0.3 is 9.84 Å². The summed E-state index contributed by atoms with van der Waals surface area (Å²) in [6.45, 7) is 4.68. The molecule has 8 nitrogen and oxygen atoms in total. The lowest BCUT2D eigenvalue weighted by Gasteiger charge is -2.32. The smallest absolute Gasteiger partial charge is 0.296 e. The molecule has 0 amide bonds. The number of hydrogen-bond donors (Lipinski definition) is 1. The van der Waals surface area contributed by atoms with Crippen molar-refractivity contribution in [3.8, 4) is 17.3 Å². The Labute approximate surface area is 153 Å². The van der Waals surface area contributed by atoms with Crippen LogP contribution in [-0.4, -0.2) is 36.0 Å². The molecule has 4 rings (SSSR count). The quantitative estimate of drug-likeness (QED) is 0.752. The largest absolute Gasteiger partial charge is 0.501 e. The first-order chi connectivity index (χ1) is 12.8. The maximum Gasteiger partial charge on any atom is 0.296 e. The lowest BCUT2D eigenvalue weighted by molar-refractivity contribution is -0.0564. The third-order valence-electron chi connectivity index (χ3n) is 4.47. The Hall–Kier alpha value is -3.07. The maximum absolute atomic E-state index is 13.0. The Morgan fingerprint density at radius 2 is 2.04 bits per heavy atom. The molecule has 1 N–H and O–H groups in total. The number of aromatic hydroxyl groups is 1. The van der Waals surface area contributed by atoms with Crippen LogP contribution in [0.2, 0.25) is 0 Å². The Balaban J connectivity index is 1.72. The van der Waals surface area contributed by atoms with Crippen LogP contribution in [0.5, 0.6) is 5.75 Å². The number of nitrogens with zero attached hydrogens (tertiary/aromatic N) is 5. The van der Waals surface area contributed by atoms with Gasteiger partial charge in [0, 0.05) is 0 Å². The van der Waals surface area contributed by atoms with E-state index >= 15 is 0 Å². The molecule has 0 spiro atoms. The number of aromatic nitrogens is 5. The SMILES string of the molecule is CC1(C)OCCn2c1nc(-c1ncn(Cc3ccc(F)cc3)n1)c(O)c2=O. The van der Waals surface area contributed by atoms with Crippen molar-refractivity contribution in [3.63, 3.8) is 0 Å². The molecule has 3 heterocycles. The molecule has 9 heteroatoms. The molecule has 3 aromatic rings. The fourth-order valence-electron chi connectivity index (χ4n) is 3.08. The molecule has 0 aliphatic carbocycles. The molecular weight excluding hydrogens is 353 g/mol. The van der Waals surface area contributed by atoms with Crippen LogP contribution in [0.1, 0.15) is 25.2 Å². The third-order valence-corrected chi connectivity index (χ3v) is 4.47. The van der Waals surface area contributed by atoms with Gasteiger partial charge in [-0.2, -0.15) is 0 Å². The van der Waals surface area contributed by atoms with Crippen molar-refractivity contribution in [2.24, 2.45) is 0 Å². The molecule has 0 saturated carbocycles. The summed E-state index contributed by atoms with van der Waals surface area (Å²) in [6, 6.07) is 6.04. The zero-order valence-corrected chi connectivity index (χ0v) is 14.9. The average molecular weight is 371 g/mol. The van der Waals surface area contributed by atoms with Crippen molar-refractivity contribution in [2.75, 3.05) is 6.61 Å². The Kier molecular flexibility index (Phi) is 4.03. The van der Waals surface area contributed by atoms with Crippen LogP contribution >= 0.6 is 0 Å². The van der Waals surface area contributed by atoms with Gasteiger partial charge in [-0.1, -0.05) is 12.1 Å². The number of ether oxygens (including phenoxy) is 1. The number of fused-ring (bicyclic) bond motifs is 1. The van der Waals surface area contributed by atoms with E-state index in [4.69, 9.17) is 4.74 Å². The average Bonchev–Trinajstić information content (AvgIpc) is 3.08. The molecule has 2 aromatic heterocycles. The van der Waals surface area contributed by atoms with Crippen molar-refractivity contribution in [1.82, 2.24) is 24.3 Å². The first kappa shape index (κ1) is 17.3. The molecule has 0 atom stereocenters. The van der Waals surface area contributed by atoms with Gasteiger partial charge in [0.2, 0.25) is 11.6 Å². The molecule has 1 aliphatic heterocycles. The highest BCUT2D eigenvalue weighted by Crippen LogP contribution is 2.30. The summed E-state index contributed by atoms with van der Waals surface area (Å²) < 4.78 is 21.7. The molecule has 1 aliphatic rings. The van der Waals surface area contributed by atoms with Crippen LogP contribution in [0.25, 0.3) is 11.5 Å². The second kappa shape index (κ2) is 6.27. The molecule has 0 saturated heterocycles. The highest BCUT2D eigenvalue weighted by atomic mass is 19.1.